The van der Waals surface area contributed by atoms with Crippen molar-refractivity contribution in [3.63, 3.8) is 0 Å². The molecular formula is C65H75F11N10O9S3. The van der Waals surface area contributed by atoms with Crippen LogP contribution in [0.4, 0.5) is 54.1 Å². The number of alkyl halides is 9. The van der Waals surface area contributed by atoms with Crippen LogP contribution >= 0.6 is 0 Å². The lowest BCUT2D eigenvalue weighted by Gasteiger charge is -2.39. The first kappa shape index (κ1) is 65.7. The van der Waals surface area contributed by atoms with Crippen LogP contribution in [0.3, 0.4) is 0 Å². The molecule has 12 rings (SSSR count). The zero-order valence-electron chi connectivity index (χ0n) is 59.1. The van der Waals surface area contributed by atoms with E-state index in [-0.39, 0.29) is 101 Å². The van der Waals surface area contributed by atoms with Crippen LogP contribution in [0.5, 0.6) is 17.4 Å². The molecule has 2 unspecified atom stereocenters. The molecule has 534 valence electrons. The van der Waals surface area contributed by atoms with Crippen molar-refractivity contribution in [3.05, 3.63) is 172 Å². The number of aromatic nitrogens is 3. The summed E-state index contributed by atoms with van der Waals surface area (Å²) >= 11 is 0. The van der Waals surface area contributed by atoms with Crippen molar-refractivity contribution in [1.82, 2.24) is 42.6 Å². The standard InChI is InChI=1S/C23H25F5N2O3S.C22H26F3N3O3S.C20H24F3N5O3S/c1-34(31,32)30-8-6-16(7-9-30)17-10-20(24)22(21(25)11-17)33-19-13-29(14-19)12-15-2-4-18(5-3-15)23(26,27)28;1-32(29,30)28-10-8-17(9-11-28)21-7-6-19(12-26-21)31-20-14-27(15-20)13-16-2-4-18(5-3-16)22(23,24)25;1-32(29,30)28-8-6-27(7-9-28)18-10-25-19(11-24-18)31-17-13-26(14-17)12-15-2-4-16(5-3-15)20(21,22)23/h2-5,10-11,16,19H,6-9,12-14H2,1H3;2-7,12,17,20H,8-11,13-15H2,1H3;2-5,10-11,17H,6-9,12-14H2,1H3/i12D2;8D,17D;6D2. The number of sulfonamides is 3. The first-order valence-electron chi connectivity index (χ1n) is 33.9. The van der Waals surface area contributed by atoms with Crippen LogP contribution in [0.15, 0.2) is 116 Å². The monoisotopic (exact) mass is 1450 g/mol. The Balaban J connectivity index is 0.000000168. The number of rotatable bonds is 18. The lowest BCUT2D eigenvalue weighted by molar-refractivity contribution is -0.138. The van der Waals surface area contributed by atoms with Crippen LogP contribution in [0.2, 0.25) is 0 Å². The summed E-state index contributed by atoms with van der Waals surface area (Å²) in [6.45, 7) is 0.0517. The van der Waals surface area contributed by atoms with Crippen LogP contribution < -0.4 is 19.1 Å². The molecule has 6 fully saturated rings. The largest absolute Gasteiger partial charge is 0.486 e. The van der Waals surface area contributed by atoms with Crippen molar-refractivity contribution >= 4 is 35.9 Å². The number of ether oxygens (including phenoxy) is 3. The van der Waals surface area contributed by atoms with Gasteiger partial charge in [0.1, 0.15) is 29.9 Å². The molecule has 0 saturated carbocycles. The lowest BCUT2D eigenvalue weighted by atomic mass is 9.90. The SMILES string of the molecule is [2H]C([2H])(c1ccc(C(F)(F)F)cc1)N1CC(Oc2c(F)cc(C3CCN(S(C)(=O)=O)CC3)cc2F)C1.[2H]C1([2H])CN(S(C)(=O)=O)CCN1c1cnc(OC2CN(Cc3ccc(C(F)(F)F)cc3)C2)cn1.[2H]C1CN(S(C)(=O)=O)CCC1([2H])c1ccc(OC2CN(Cc3ccc(C(F)(F)F)cc3)C2)cn1. The fourth-order valence-corrected chi connectivity index (χ4v) is 13.8. The van der Waals surface area contributed by atoms with E-state index in [1.165, 1.54) is 73.4 Å². The molecule has 0 amide bonds. The van der Waals surface area contributed by atoms with Gasteiger partial charge >= 0.3 is 18.5 Å². The number of likely N-dealkylation sites (tertiary alicyclic amines) is 3. The molecule has 6 aliphatic rings. The third kappa shape index (κ3) is 20.2. The lowest BCUT2D eigenvalue weighted by Crippen LogP contribution is -2.53. The third-order valence-corrected chi connectivity index (χ3v) is 20.8. The minimum atomic E-state index is -4.53. The summed E-state index contributed by atoms with van der Waals surface area (Å²) in [4.78, 5) is 19.5. The topological polar surface area (TPSA) is 191 Å². The third-order valence-electron chi connectivity index (χ3n) is 16.9. The molecule has 0 radical (unpaired) electrons. The van der Waals surface area contributed by atoms with Crippen LogP contribution in [0, 0.1) is 11.6 Å². The van der Waals surface area contributed by atoms with E-state index in [9.17, 15) is 73.5 Å². The number of nitrogens with zero attached hydrogens (tertiary/aromatic N) is 10. The molecule has 0 spiro atoms. The van der Waals surface area contributed by atoms with E-state index in [0.717, 1.165) is 82.7 Å². The fraction of sp³-hybridized carbons (Fsp3) is 0.492. The quantitative estimate of drug-likeness (QED) is 0.0738. The minimum Gasteiger partial charge on any atom is -0.486 e. The van der Waals surface area contributed by atoms with Gasteiger partial charge in [-0.25, -0.2) is 52.6 Å². The molecule has 8 heterocycles. The minimum absolute atomic E-state index is 0.0153. The maximum atomic E-state index is 14.7. The Morgan fingerprint density at radius 3 is 1.42 bits per heavy atom. The Labute approximate surface area is 570 Å². The van der Waals surface area contributed by atoms with Crippen molar-refractivity contribution in [2.45, 2.75) is 93.9 Å². The van der Waals surface area contributed by atoms with E-state index in [0.29, 0.717) is 69.1 Å². The highest BCUT2D eigenvalue weighted by Crippen LogP contribution is 2.37. The number of hydrogen-bond donors (Lipinski definition) is 0. The average Bonchev–Trinajstić information content (AvgIpc) is 0.781. The second-order valence-corrected chi connectivity index (χ2v) is 30.4. The molecule has 6 aromatic rings. The maximum absolute atomic E-state index is 14.7. The molecule has 2 aromatic heterocycles. The van der Waals surface area contributed by atoms with E-state index in [4.69, 9.17) is 22.4 Å². The Morgan fingerprint density at radius 2 is 0.969 bits per heavy atom. The number of pyridine rings is 1. The number of piperidine rings is 2. The first-order chi connectivity index (χ1) is 48.3. The van der Waals surface area contributed by atoms with E-state index < -0.39 is 114 Å². The van der Waals surface area contributed by atoms with Crippen molar-refractivity contribution in [3.8, 4) is 17.4 Å². The van der Waals surface area contributed by atoms with E-state index in [1.54, 1.807) is 12.1 Å². The zero-order valence-corrected chi connectivity index (χ0v) is 55.6. The van der Waals surface area contributed by atoms with Crippen LogP contribution in [-0.4, -0.2) is 196 Å². The number of anilines is 1. The summed E-state index contributed by atoms with van der Waals surface area (Å²) in [6.07, 6.45) is -6.47. The van der Waals surface area contributed by atoms with E-state index in [1.807, 2.05) is 4.90 Å². The zero-order chi connectivity index (χ0) is 75.9. The number of benzene rings is 4. The summed E-state index contributed by atoms with van der Waals surface area (Å²) < 4.78 is 285. The molecule has 6 aliphatic heterocycles. The first-order valence-corrected chi connectivity index (χ1v) is 36.4. The number of hydrogen-bond acceptors (Lipinski definition) is 16. The summed E-state index contributed by atoms with van der Waals surface area (Å²) in [5.74, 6) is -2.79. The predicted molar refractivity (Wildman–Crippen MR) is 341 cm³/mol. The Kier molecular flexibility index (Phi) is 20.5. The summed E-state index contributed by atoms with van der Waals surface area (Å²) in [5, 5.41) is 0. The van der Waals surface area contributed by atoms with Gasteiger partial charge in [-0.05, 0) is 114 Å². The molecule has 6 saturated heterocycles. The highest BCUT2D eigenvalue weighted by molar-refractivity contribution is 7.88. The van der Waals surface area contributed by atoms with Gasteiger partial charge < -0.3 is 19.1 Å². The molecule has 0 aliphatic carbocycles. The normalized spacial score (nSPS) is 22.9. The van der Waals surface area contributed by atoms with Crippen molar-refractivity contribution in [2.75, 3.05) is 115 Å². The predicted octanol–water partition coefficient (Wildman–Crippen LogP) is 9.73. The molecule has 19 nitrogen and oxygen atoms in total. The Bertz CT molecular complexity index is 4280. The molecule has 33 heteroatoms. The fourth-order valence-electron chi connectivity index (χ4n) is 11.4. The van der Waals surface area contributed by atoms with Gasteiger partial charge in [0.2, 0.25) is 35.9 Å². The molecule has 4 aromatic carbocycles. The van der Waals surface area contributed by atoms with Gasteiger partial charge in [0, 0.05) is 128 Å². The Morgan fingerprint density at radius 1 is 0.510 bits per heavy atom. The van der Waals surface area contributed by atoms with Crippen LogP contribution in [0.1, 0.15) is 90.3 Å². The smallest absolute Gasteiger partial charge is 0.416 e. The molecule has 0 N–H and O–H groups in total. The van der Waals surface area contributed by atoms with Crippen molar-refractivity contribution in [1.29, 1.82) is 0 Å². The van der Waals surface area contributed by atoms with Crippen molar-refractivity contribution < 1.29 is 96.0 Å². The van der Waals surface area contributed by atoms with Gasteiger partial charge in [0.05, 0.1) is 56.8 Å². The summed E-state index contributed by atoms with van der Waals surface area (Å²) in [7, 11) is -10.2. The van der Waals surface area contributed by atoms with Crippen molar-refractivity contribution in [2.24, 2.45) is 0 Å². The highest BCUT2D eigenvalue weighted by atomic mass is 32.2. The number of piperazine rings is 1. The van der Waals surface area contributed by atoms with E-state index in [2.05, 4.69) is 19.9 Å². The molecule has 2 atom stereocenters. The average molecular weight is 1450 g/mol. The summed E-state index contributed by atoms with van der Waals surface area (Å²) in [5.41, 5.74) is 0.202. The van der Waals surface area contributed by atoms with Gasteiger partial charge in [-0.2, -0.15) is 43.8 Å². The van der Waals surface area contributed by atoms with Crippen LogP contribution in [0.25, 0.3) is 0 Å². The second kappa shape index (κ2) is 30.5. The Hall–Kier alpha value is -6.85. The van der Waals surface area contributed by atoms with Gasteiger partial charge in [-0.15, -0.1) is 0 Å². The van der Waals surface area contributed by atoms with Gasteiger partial charge in [-0.3, -0.25) is 19.7 Å². The molecule has 98 heavy (non-hydrogen) atoms. The van der Waals surface area contributed by atoms with E-state index >= 15 is 0 Å². The second-order valence-electron chi connectivity index (χ2n) is 24.4. The maximum Gasteiger partial charge on any atom is 0.416 e. The molecule has 0 bridgehead atoms. The summed E-state index contributed by atoms with van der Waals surface area (Å²) in [6, 6.07) is 19.7. The van der Waals surface area contributed by atoms with Gasteiger partial charge in [-0.1, -0.05) is 36.4 Å². The van der Waals surface area contributed by atoms with Gasteiger partial charge in [0.15, 0.2) is 17.4 Å². The molecular weight excluding hydrogens is 1370 g/mol. The van der Waals surface area contributed by atoms with Gasteiger partial charge in [0.25, 0.3) is 0 Å². The van der Waals surface area contributed by atoms with Crippen LogP contribution in [-0.2, 0) is 68.2 Å². The number of halogens is 11. The highest BCUT2D eigenvalue weighted by Gasteiger charge is 2.37.